The highest BCUT2D eigenvalue weighted by atomic mass is 35.5. The van der Waals surface area contributed by atoms with Crippen molar-refractivity contribution >= 4 is 23.2 Å². The second kappa shape index (κ2) is 6.25. The number of hydrogen-bond donors (Lipinski definition) is 1. The van der Waals surface area contributed by atoms with E-state index in [2.05, 4.69) is 11.4 Å². The Morgan fingerprint density at radius 1 is 1.33 bits per heavy atom. The highest BCUT2D eigenvalue weighted by Gasteiger charge is 2.35. The van der Waals surface area contributed by atoms with Crippen LogP contribution in [-0.4, -0.2) is 26.3 Å². The number of ether oxygens (including phenoxy) is 1. The van der Waals surface area contributed by atoms with Gasteiger partial charge >= 0.3 is 0 Å². The predicted molar refractivity (Wildman–Crippen MR) is 76.7 cm³/mol. The molecule has 1 aliphatic heterocycles. The van der Waals surface area contributed by atoms with Gasteiger partial charge in [-0.3, -0.25) is 0 Å². The molecule has 1 fully saturated rings. The van der Waals surface area contributed by atoms with Crippen molar-refractivity contribution in [1.29, 1.82) is 0 Å². The molecule has 0 bridgehead atoms. The molecule has 0 amide bonds. The van der Waals surface area contributed by atoms with Gasteiger partial charge in [-0.2, -0.15) is 0 Å². The van der Waals surface area contributed by atoms with Crippen molar-refractivity contribution in [3.63, 3.8) is 0 Å². The third-order valence-corrected chi connectivity index (χ3v) is 4.44. The van der Waals surface area contributed by atoms with Gasteiger partial charge in [0.05, 0.1) is 10.0 Å². The monoisotopic (exact) mass is 287 g/mol. The number of nitrogens with one attached hydrogen (secondary N) is 1. The second-order valence-corrected chi connectivity index (χ2v) is 5.60. The molecule has 1 aromatic carbocycles. The van der Waals surface area contributed by atoms with Gasteiger partial charge in [-0.1, -0.05) is 29.3 Å². The fourth-order valence-electron chi connectivity index (χ4n) is 2.59. The summed E-state index contributed by atoms with van der Waals surface area (Å²) in [6.07, 6.45) is 2.14. The van der Waals surface area contributed by atoms with Crippen LogP contribution in [0.2, 0.25) is 10.0 Å². The van der Waals surface area contributed by atoms with Crippen LogP contribution in [0.4, 0.5) is 0 Å². The lowest BCUT2D eigenvalue weighted by Gasteiger charge is -2.29. The normalized spacial score (nSPS) is 23.5. The molecule has 18 heavy (non-hydrogen) atoms. The molecule has 1 aliphatic rings. The van der Waals surface area contributed by atoms with E-state index in [1.165, 1.54) is 5.56 Å². The number of benzene rings is 1. The molecule has 0 saturated carbocycles. The van der Waals surface area contributed by atoms with Crippen molar-refractivity contribution in [1.82, 2.24) is 5.32 Å². The van der Waals surface area contributed by atoms with Gasteiger partial charge in [-0.25, -0.2) is 0 Å². The summed E-state index contributed by atoms with van der Waals surface area (Å²) in [6, 6.07) is 5.98. The van der Waals surface area contributed by atoms with Crippen molar-refractivity contribution < 1.29 is 4.74 Å². The summed E-state index contributed by atoms with van der Waals surface area (Å²) in [6.45, 7) is 5.62. The molecule has 1 heterocycles. The number of rotatable bonds is 5. The zero-order valence-electron chi connectivity index (χ0n) is 10.6. The fraction of sp³-hybridized carbons (Fsp3) is 0.571. The Bertz CT molecular complexity index is 403. The second-order valence-electron chi connectivity index (χ2n) is 4.78. The molecule has 1 N–H and O–H groups in total. The van der Waals surface area contributed by atoms with E-state index in [0.29, 0.717) is 10.0 Å². The number of halogens is 2. The van der Waals surface area contributed by atoms with E-state index in [-0.39, 0.29) is 5.41 Å². The molecule has 0 aliphatic carbocycles. The average Bonchev–Trinajstić information content (AvgIpc) is 2.83. The van der Waals surface area contributed by atoms with Crippen LogP contribution in [0.15, 0.2) is 18.2 Å². The van der Waals surface area contributed by atoms with Crippen molar-refractivity contribution in [3.05, 3.63) is 33.8 Å². The van der Waals surface area contributed by atoms with Crippen molar-refractivity contribution in [3.8, 4) is 0 Å². The summed E-state index contributed by atoms with van der Waals surface area (Å²) in [5.41, 5.74) is 1.41. The SMILES string of the molecule is CCOCC[C@]1(c2ccc(Cl)c(Cl)c2)CCNC1. The topological polar surface area (TPSA) is 21.3 Å². The molecule has 100 valence electrons. The summed E-state index contributed by atoms with van der Waals surface area (Å²) in [4.78, 5) is 0. The van der Waals surface area contributed by atoms with Crippen LogP contribution in [0.1, 0.15) is 25.3 Å². The third-order valence-electron chi connectivity index (χ3n) is 3.70. The van der Waals surface area contributed by atoms with Crippen LogP contribution < -0.4 is 5.32 Å². The van der Waals surface area contributed by atoms with E-state index < -0.39 is 0 Å². The molecule has 0 aromatic heterocycles. The summed E-state index contributed by atoms with van der Waals surface area (Å²) < 4.78 is 5.51. The summed E-state index contributed by atoms with van der Waals surface area (Å²) >= 11 is 12.1. The van der Waals surface area contributed by atoms with Gasteiger partial charge in [0.25, 0.3) is 0 Å². The molecule has 2 rings (SSSR count). The molecular weight excluding hydrogens is 269 g/mol. The quantitative estimate of drug-likeness (QED) is 0.835. The van der Waals surface area contributed by atoms with Gasteiger partial charge in [0, 0.05) is 25.2 Å². The molecule has 0 spiro atoms. The lowest BCUT2D eigenvalue weighted by Crippen LogP contribution is -2.30. The Morgan fingerprint density at radius 2 is 2.17 bits per heavy atom. The molecule has 1 saturated heterocycles. The highest BCUT2D eigenvalue weighted by molar-refractivity contribution is 6.42. The van der Waals surface area contributed by atoms with Gasteiger partial charge in [-0.05, 0) is 44.0 Å². The molecule has 2 nitrogen and oxygen atoms in total. The van der Waals surface area contributed by atoms with Crippen LogP contribution in [0.25, 0.3) is 0 Å². The Hall–Kier alpha value is -0.280. The van der Waals surface area contributed by atoms with Crippen LogP contribution in [0, 0.1) is 0 Å². The van der Waals surface area contributed by atoms with Crippen molar-refractivity contribution in [2.24, 2.45) is 0 Å². The van der Waals surface area contributed by atoms with Gasteiger partial charge in [0.15, 0.2) is 0 Å². The van der Waals surface area contributed by atoms with Gasteiger partial charge in [-0.15, -0.1) is 0 Å². The zero-order chi connectivity index (χ0) is 13.0. The first kappa shape index (κ1) is 14.1. The maximum Gasteiger partial charge on any atom is 0.0595 e. The van der Waals surface area contributed by atoms with Crippen LogP contribution >= 0.6 is 23.2 Å². The molecular formula is C14H19Cl2NO. The predicted octanol–water partition coefficient (Wildman–Crippen LogP) is 3.65. The van der Waals surface area contributed by atoms with E-state index in [4.69, 9.17) is 27.9 Å². The standard InChI is InChI=1S/C14H19Cl2NO/c1-2-18-8-6-14(5-7-17-10-14)11-3-4-12(15)13(16)9-11/h3-4,9,17H,2,5-8,10H2,1H3/t14-/m1/s1. The molecule has 1 aromatic rings. The largest absolute Gasteiger partial charge is 0.382 e. The minimum Gasteiger partial charge on any atom is -0.382 e. The van der Waals surface area contributed by atoms with Crippen LogP contribution in [0.5, 0.6) is 0 Å². The van der Waals surface area contributed by atoms with Gasteiger partial charge < -0.3 is 10.1 Å². The minimum absolute atomic E-state index is 0.142. The third kappa shape index (κ3) is 3.00. The zero-order valence-corrected chi connectivity index (χ0v) is 12.2. The van der Waals surface area contributed by atoms with Gasteiger partial charge in [0.2, 0.25) is 0 Å². The van der Waals surface area contributed by atoms with E-state index >= 15 is 0 Å². The molecule has 4 heteroatoms. The summed E-state index contributed by atoms with van der Waals surface area (Å²) in [5, 5.41) is 4.69. The smallest absolute Gasteiger partial charge is 0.0595 e. The van der Waals surface area contributed by atoms with E-state index in [0.717, 1.165) is 39.1 Å². The Balaban J connectivity index is 2.20. The van der Waals surface area contributed by atoms with Crippen LogP contribution in [0.3, 0.4) is 0 Å². The maximum atomic E-state index is 6.13. The molecule has 0 radical (unpaired) electrons. The highest BCUT2D eigenvalue weighted by Crippen LogP contribution is 2.37. The van der Waals surface area contributed by atoms with Crippen molar-refractivity contribution in [2.45, 2.75) is 25.2 Å². The Labute approximate surface area is 119 Å². The average molecular weight is 288 g/mol. The van der Waals surface area contributed by atoms with E-state index in [1.807, 2.05) is 19.1 Å². The lowest BCUT2D eigenvalue weighted by atomic mass is 9.77. The van der Waals surface area contributed by atoms with Gasteiger partial charge in [0.1, 0.15) is 0 Å². The lowest BCUT2D eigenvalue weighted by molar-refractivity contribution is 0.127. The molecule has 1 atom stereocenters. The fourth-order valence-corrected chi connectivity index (χ4v) is 2.88. The Kier molecular flexibility index (Phi) is 4.91. The Morgan fingerprint density at radius 3 is 2.78 bits per heavy atom. The summed E-state index contributed by atoms with van der Waals surface area (Å²) in [5.74, 6) is 0. The van der Waals surface area contributed by atoms with Crippen molar-refractivity contribution in [2.75, 3.05) is 26.3 Å². The van der Waals surface area contributed by atoms with E-state index in [9.17, 15) is 0 Å². The first-order valence-electron chi connectivity index (χ1n) is 6.42. The maximum absolute atomic E-state index is 6.13. The molecule has 0 unspecified atom stereocenters. The van der Waals surface area contributed by atoms with E-state index in [1.54, 1.807) is 0 Å². The summed E-state index contributed by atoms with van der Waals surface area (Å²) in [7, 11) is 0. The first-order valence-corrected chi connectivity index (χ1v) is 7.17. The number of hydrogen-bond acceptors (Lipinski definition) is 2. The van der Waals surface area contributed by atoms with Crippen LogP contribution in [-0.2, 0) is 10.2 Å². The first-order chi connectivity index (χ1) is 8.68. The minimum atomic E-state index is 0.142.